The summed E-state index contributed by atoms with van der Waals surface area (Å²) in [5.41, 5.74) is 5.97. The first-order valence-corrected chi connectivity index (χ1v) is 6.59. The van der Waals surface area contributed by atoms with E-state index in [0.717, 1.165) is 31.9 Å². The molecule has 2 N–H and O–H groups in total. The predicted molar refractivity (Wildman–Crippen MR) is 68.1 cm³/mol. The molecule has 0 spiro atoms. The highest BCUT2D eigenvalue weighted by atomic mass is 19.2. The molecule has 2 atom stereocenters. The Morgan fingerprint density at radius 1 is 1.16 bits per heavy atom. The Balaban J connectivity index is 2.43. The van der Waals surface area contributed by atoms with Gasteiger partial charge in [-0.1, -0.05) is 6.42 Å². The number of halogens is 3. The van der Waals surface area contributed by atoms with E-state index >= 15 is 0 Å². The van der Waals surface area contributed by atoms with Crippen LogP contribution in [0.25, 0.3) is 0 Å². The van der Waals surface area contributed by atoms with E-state index < -0.39 is 17.5 Å². The van der Waals surface area contributed by atoms with E-state index in [9.17, 15) is 13.2 Å². The molecule has 2 rings (SSSR count). The van der Waals surface area contributed by atoms with Crippen molar-refractivity contribution in [2.24, 2.45) is 11.7 Å². The summed E-state index contributed by atoms with van der Waals surface area (Å²) in [6.45, 7) is 1.22. The van der Waals surface area contributed by atoms with E-state index in [4.69, 9.17) is 5.73 Å². The fourth-order valence-corrected chi connectivity index (χ4v) is 2.93. The predicted octanol–water partition coefficient (Wildman–Crippen LogP) is 2.84. The molecule has 1 aromatic rings. The molecule has 0 amide bonds. The lowest BCUT2D eigenvalue weighted by atomic mass is 9.89. The number of hydrogen-bond acceptors (Lipinski definition) is 2. The fourth-order valence-electron chi connectivity index (χ4n) is 2.93. The van der Waals surface area contributed by atoms with E-state index in [1.165, 1.54) is 0 Å². The van der Waals surface area contributed by atoms with Crippen LogP contribution in [0, 0.1) is 23.4 Å². The Hall–Kier alpha value is -1.07. The van der Waals surface area contributed by atoms with Gasteiger partial charge in [0.05, 0.1) is 0 Å². The third-order valence-corrected chi connectivity index (χ3v) is 3.92. The van der Waals surface area contributed by atoms with Gasteiger partial charge in [-0.3, -0.25) is 4.90 Å². The summed E-state index contributed by atoms with van der Waals surface area (Å²) in [7, 11) is 1.87. The third kappa shape index (κ3) is 2.92. The summed E-state index contributed by atoms with van der Waals surface area (Å²) in [6.07, 6.45) is 2.91. The van der Waals surface area contributed by atoms with Crippen molar-refractivity contribution in [1.29, 1.82) is 0 Å². The standard InChI is InChI=1S/C14H19F3N2/c1-19-5-3-2-4-9(8-18)14(19)10-6-12(16)13(17)7-11(10)15/h6-7,9,14H,2-5,8,18H2,1H3. The largest absolute Gasteiger partial charge is 0.330 e. The molecule has 19 heavy (non-hydrogen) atoms. The molecule has 1 saturated heterocycles. The fraction of sp³-hybridized carbons (Fsp3) is 0.571. The number of hydrogen-bond donors (Lipinski definition) is 1. The summed E-state index contributed by atoms with van der Waals surface area (Å²) in [4.78, 5) is 1.99. The molecule has 0 aliphatic carbocycles. The molecule has 1 aliphatic rings. The zero-order valence-corrected chi connectivity index (χ0v) is 11.0. The molecule has 1 fully saturated rings. The van der Waals surface area contributed by atoms with E-state index in [1.54, 1.807) is 0 Å². The molecule has 1 aromatic carbocycles. The van der Waals surface area contributed by atoms with Crippen molar-refractivity contribution in [3.05, 3.63) is 35.1 Å². The van der Waals surface area contributed by atoms with Crippen molar-refractivity contribution in [2.45, 2.75) is 25.3 Å². The summed E-state index contributed by atoms with van der Waals surface area (Å²) in [6, 6.07) is 1.30. The van der Waals surface area contributed by atoms with Crippen LogP contribution in [0.4, 0.5) is 13.2 Å². The van der Waals surface area contributed by atoms with Gasteiger partial charge in [0.25, 0.3) is 0 Å². The molecular formula is C14H19F3N2. The molecular weight excluding hydrogens is 253 g/mol. The highest BCUT2D eigenvalue weighted by Gasteiger charge is 2.31. The van der Waals surface area contributed by atoms with Crippen LogP contribution >= 0.6 is 0 Å². The Bertz CT molecular complexity index is 451. The van der Waals surface area contributed by atoms with Crippen molar-refractivity contribution in [1.82, 2.24) is 4.90 Å². The summed E-state index contributed by atoms with van der Waals surface area (Å²) in [5.74, 6) is -2.80. The van der Waals surface area contributed by atoms with Crippen molar-refractivity contribution in [3.8, 4) is 0 Å². The van der Waals surface area contributed by atoms with Gasteiger partial charge in [-0.05, 0) is 45.0 Å². The molecule has 0 saturated carbocycles. The van der Waals surface area contributed by atoms with Crippen molar-refractivity contribution in [3.63, 3.8) is 0 Å². The first-order valence-electron chi connectivity index (χ1n) is 6.59. The van der Waals surface area contributed by atoms with Crippen molar-refractivity contribution in [2.75, 3.05) is 20.1 Å². The number of rotatable bonds is 2. The van der Waals surface area contributed by atoms with Gasteiger partial charge >= 0.3 is 0 Å². The Labute approximate surface area is 111 Å². The topological polar surface area (TPSA) is 29.3 Å². The highest BCUT2D eigenvalue weighted by Crippen LogP contribution is 2.35. The van der Waals surface area contributed by atoms with Crippen LogP contribution in [0.1, 0.15) is 30.9 Å². The van der Waals surface area contributed by atoms with Crippen LogP contribution in [-0.2, 0) is 0 Å². The maximum absolute atomic E-state index is 14.0. The Kier molecular flexibility index (Phi) is 4.47. The zero-order chi connectivity index (χ0) is 14.0. The van der Waals surface area contributed by atoms with Crippen LogP contribution in [0.2, 0.25) is 0 Å². The molecule has 2 nitrogen and oxygen atoms in total. The Morgan fingerprint density at radius 2 is 1.84 bits per heavy atom. The molecule has 5 heteroatoms. The summed E-state index contributed by atoms with van der Waals surface area (Å²) >= 11 is 0. The first-order chi connectivity index (χ1) is 9.04. The van der Waals surface area contributed by atoms with Crippen LogP contribution in [-0.4, -0.2) is 25.0 Å². The SMILES string of the molecule is CN1CCCCC(CN)C1c1cc(F)c(F)cc1F. The molecule has 0 radical (unpaired) electrons. The average Bonchev–Trinajstić information content (AvgIpc) is 2.55. The second-order valence-corrected chi connectivity index (χ2v) is 5.20. The number of likely N-dealkylation sites (tertiary alicyclic amines) is 1. The maximum Gasteiger partial charge on any atom is 0.161 e. The van der Waals surface area contributed by atoms with E-state index in [1.807, 2.05) is 11.9 Å². The quantitative estimate of drug-likeness (QED) is 0.839. The van der Waals surface area contributed by atoms with Crippen molar-refractivity contribution >= 4 is 0 Å². The molecule has 1 aliphatic heterocycles. The van der Waals surface area contributed by atoms with Gasteiger partial charge in [-0.15, -0.1) is 0 Å². The molecule has 106 valence electrons. The molecule has 0 aromatic heterocycles. The van der Waals surface area contributed by atoms with Crippen LogP contribution in [0.3, 0.4) is 0 Å². The van der Waals surface area contributed by atoms with Gasteiger partial charge in [0.15, 0.2) is 11.6 Å². The van der Waals surface area contributed by atoms with E-state index in [-0.39, 0.29) is 17.5 Å². The second kappa shape index (κ2) is 5.92. The monoisotopic (exact) mass is 272 g/mol. The second-order valence-electron chi connectivity index (χ2n) is 5.20. The summed E-state index contributed by atoms with van der Waals surface area (Å²) in [5, 5.41) is 0. The van der Waals surface area contributed by atoms with Gasteiger partial charge in [-0.2, -0.15) is 0 Å². The highest BCUT2D eigenvalue weighted by molar-refractivity contribution is 5.24. The van der Waals surface area contributed by atoms with E-state index in [2.05, 4.69) is 0 Å². The third-order valence-electron chi connectivity index (χ3n) is 3.92. The number of nitrogens with zero attached hydrogens (tertiary/aromatic N) is 1. The number of benzene rings is 1. The lowest BCUT2D eigenvalue weighted by Gasteiger charge is -2.32. The molecule has 1 heterocycles. The van der Waals surface area contributed by atoms with Crippen LogP contribution in [0.5, 0.6) is 0 Å². The van der Waals surface area contributed by atoms with Crippen LogP contribution < -0.4 is 5.73 Å². The van der Waals surface area contributed by atoms with Crippen molar-refractivity contribution < 1.29 is 13.2 Å². The van der Waals surface area contributed by atoms with Gasteiger partial charge in [-0.25, -0.2) is 13.2 Å². The minimum atomic E-state index is -1.15. The van der Waals surface area contributed by atoms with Gasteiger partial charge in [0, 0.05) is 17.7 Å². The van der Waals surface area contributed by atoms with E-state index in [0.29, 0.717) is 12.6 Å². The van der Waals surface area contributed by atoms with Crippen LogP contribution in [0.15, 0.2) is 12.1 Å². The normalized spacial score (nSPS) is 25.3. The molecule has 0 bridgehead atoms. The summed E-state index contributed by atoms with van der Waals surface area (Å²) < 4.78 is 40.4. The van der Waals surface area contributed by atoms with Gasteiger partial charge in [0.1, 0.15) is 5.82 Å². The molecule has 2 unspecified atom stereocenters. The van der Waals surface area contributed by atoms with Gasteiger partial charge in [0.2, 0.25) is 0 Å². The number of nitrogens with two attached hydrogens (primary N) is 1. The lowest BCUT2D eigenvalue weighted by molar-refractivity contribution is 0.190. The minimum Gasteiger partial charge on any atom is -0.330 e. The Morgan fingerprint density at radius 3 is 2.53 bits per heavy atom. The zero-order valence-electron chi connectivity index (χ0n) is 11.0. The first kappa shape index (κ1) is 14.3. The minimum absolute atomic E-state index is 0.0619. The lowest BCUT2D eigenvalue weighted by Crippen LogP contribution is -2.33. The smallest absolute Gasteiger partial charge is 0.161 e. The average molecular weight is 272 g/mol. The maximum atomic E-state index is 14.0. The van der Waals surface area contributed by atoms with Gasteiger partial charge < -0.3 is 5.73 Å².